The monoisotopic (exact) mass is 241 g/mol. The van der Waals surface area contributed by atoms with Gasteiger partial charge in [0, 0.05) is 31.5 Å². The van der Waals surface area contributed by atoms with Crippen LogP contribution in [-0.2, 0) is 11.3 Å². The number of hydrogen-bond donors (Lipinski definition) is 2. The summed E-state index contributed by atoms with van der Waals surface area (Å²) in [6.07, 6.45) is 4.23. The second-order valence-electron chi connectivity index (χ2n) is 4.20. The first-order valence-electron chi connectivity index (χ1n) is 6.10. The number of ether oxygens (including phenoxy) is 1. The molecule has 0 aliphatic heterocycles. The molecule has 0 radical (unpaired) electrons. The van der Waals surface area contributed by atoms with E-state index in [4.69, 9.17) is 4.74 Å². The maximum atomic E-state index is 9.49. The van der Waals surface area contributed by atoms with E-state index in [1.807, 2.05) is 17.1 Å². The van der Waals surface area contributed by atoms with Gasteiger partial charge in [0.2, 0.25) is 0 Å². The van der Waals surface area contributed by atoms with Crippen LogP contribution in [0.1, 0.15) is 31.9 Å². The van der Waals surface area contributed by atoms with Crippen molar-refractivity contribution in [2.75, 3.05) is 20.3 Å². The number of nitrogens with zero attached hydrogens (tertiary/aromatic N) is 2. The molecular formula is C12H23N3O2. The second kappa shape index (κ2) is 7.42. The zero-order valence-electron chi connectivity index (χ0n) is 10.9. The van der Waals surface area contributed by atoms with Gasteiger partial charge in [-0.25, -0.2) is 0 Å². The van der Waals surface area contributed by atoms with Gasteiger partial charge in [-0.1, -0.05) is 0 Å². The fourth-order valence-corrected chi connectivity index (χ4v) is 1.64. The lowest BCUT2D eigenvalue weighted by Crippen LogP contribution is -2.25. The van der Waals surface area contributed by atoms with Gasteiger partial charge in [-0.3, -0.25) is 4.68 Å². The highest BCUT2D eigenvalue weighted by molar-refractivity contribution is 5.08. The van der Waals surface area contributed by atoms with E-state index >= 15 is 0 Å². The molecule has 0 saturated heterocycles. The number of aliphatic hydroxyl groups is 1. The molecule has 5 heteroatoms. The van der Waals surface area contributed by atoms with Gasteiger partial charge in [-0.05, 0) is 26.8 Å². The average molecular weight is 241 g/mol. The minimum absolute atomic E-state index is 0.255. The van der Waals surface area contributed by atoms with Crippen molar-refractivity contribution in [3.8, 4) is 0 Å². The lowest BCUT2D eigenvalue weighted by atomic mass is 10.2. The van der Waals surface area contributed by atoms with Crippen LogP contribution in [0.4, 0.5) is 0 Å². The number of aryl methyl sites for hydroxylation is 1. The minimum atomic E-state index is -0.391. The predicted octanol–water partition coefficient (Wildman–Crippen LogP) is 0.951. The molecule has 5 nitrogen and oxygen atoms in total. The summed E-state index contributed by atoms with van der Waals surface area (Å²) < 4.78 is 6.78. The van der Waals surface area contributed by atoms with Gasteiger partial charge in [0.15, 0.2) is 0 Å². The molecule has 2 unspecified atom stereocenters. The van der Waals surface area contributed by atoms with Crippen molar-refractivity contribution < 1.29 is 9.84 Å². The maximum absolute atomic E-state index is 9.49. The molecule has 2 atom stereocenters. The molecule has 0 amide bonds. The number of hydrogen-bond acceptors (Lipinski definition) is 4. The van der Waals surface area contributed by atoms with Gasteiger partial charge >= 0.3 is 0 Å². The third kappa shape index (κ3) is 4.85. The van der Waals surface area contributed by atoms with Crippen molar-refractivity contribution >= 4 is 0 Å². The third-order valence-electron chi connectivity index (χ3n) is 2.76. The quantitative estimate of drug-likeness (QED) is 0.711. The van der Waals surface area contributed by atoms with Gasteiger partial charge in [0.05, 0.1) is 18.9 Å². The predicted molar refractivity (Wildman–Crippen MR) is 66.8 cm³/mol. The molecule has 0 aliphatic carbocycles. The van der Waals surface area contributed by atoms with Crippen LogP contribution in [0.5, 0.6) is 0 Å². The summed E-state index contributed by atoms with van der Waals surface area (Å²) in [6, 6.07) is 0.255. The Bertz CT molecular complexity index is 314. The minimum Gasteiger partial charge on any atom is -0.391 e. The summed E-state index contributed by atoms with van der Waals surface area (Å²) in [4.78, 5) is 0. The molecule has 0 fully saturated rings. The maximum Gasteiger partial charge on any atom is 0.0785 e. The Morgan fingerprint density at radius 1 is 1.59 bits per heavy atom. The number of nitrogens with one attached hydrogen (secondary N) is 1. The van der Waals surface area contributed by atoms with E-state index < -0.39 is 6.10 Å². The molecule has 1 heterocycles. The number of aromatic nitrogens is 2. The highest BCUT2D eigenvalue weighted by atomic mass is 16.5. The summed E-state index contributed by atoms with van der Waals surface area (Å²) in [5, 5.41) is 17.1. The number of rotatable bonds is 8. The van der Waals surface area contributed by atoms with Crippen LogP contribution in [0, 0.1) is 0 Å². The molecule has 0 aliphatic rings. The Morgan fingerprint density at radius 2 is 2.35 bits per heavy atom. The van der Waals surface area contributed by atoms with E-state index in [0.29, 0.717) is 13.0 Å². The zero-order valence-corrected chi connectivity index (χ0v) is 10.9. The Labute approximate surface area is 103 Å². The van der Waals surface area contributed by atoms with E-state index in [-0.39, 0.29) is 6.04 Å². The lowest BCUT2D eigenvalue weighted by molar-refractivity contribution is 0.0590. The Balaban J connectivity index is 2.27. The molecule has 0 spiro atoms. The van der Waals surface area contributed by atoms with Crippen LogP contribution >= 0.6 is 0 Å². The largest absolute Gasteiger partial charge is 0.391 e. The van der Waals surface area contributed by atoms with Crippen molar-refractivity contribution in [2.45, 2.75) is 39.0 Å². The molecule has 1 aromatic heterocycles. The van der Waals surface area contributed by atoms with Gasteiger partial charge in [0.1, 0.15) is 0 Å². The van der Waals surface area contributed by atoms with E-state index in [9.17, 15) is 5.11 Å². The van der Waals surface area contributed by atoms with Crippen molar-refractivity contribution in [1.82, 2.24) is 15.1 Å². The molecule has 0 aromatic carbocycles. The van der Waals surface area contributed by atoms with Crippen LogP contribution < -0.4 is 5.32 Å². The van der Waals surface area contributed by atoms with Crippen molar-refractivity contribution in [3.63, 3.8) is 0 Å². The molecule has 0 bridgehead atoms. The second-order valence-corrected chi connectivity index (χ2v) is 4.20. The first-order valence-corrected chi connectivity index (χ1v) is 6.10. The summed E-state index contributed by atoms with van der Waals surface area (Å²) in [6.45, 7) is 6.21. The van der Waals surface area contributed by atoms with Gasteiger partial charge < -0.3 is 15.2 Å². The summed E-state index contributed by atoms with van der Waals surface area (Å²) in [7, 11) is 1.60. The summed E-state index contributed by atoms with van der Waals surface area (Å²) >= 11 is 0. The molecule has 1 aromatic rings. The van der Waals surface area contributed by atoms with Gasteiger partial charge in [0.25, 0.3) is 0 Å². The third-order valence-corrected chi connectivity index (χ3v) is 2.76. The Morgan fingerprint density at radius 3 is 2.94 bits per heavy atom. The average Bonchev–Trinajstić information content (AvgIpc) is 2.77. The van der Waals surface area contributed by atoms with Crippen LogP contribution in [0.2, 0.25) is 0 Å². The SMILES string of the molecule is CCn1cc(C(C)NCCC(O)COC)cn1. The highest BCUT2D eigenvalue weighted by Crippen LogP contribution is 2.10. The Kier molecular flexibility index (Phi) is 6.18. The van der Waals surface area contributed by atoms with Crippen molar-refractivity contribution in [1.29, 1.82) is 0 Å². The standard InChI is InChI=1S/C12H23N3O2/c1-4-15-8-11(7-14-15)10(2)13-6-5-12(16)9-17-3/h7-8,10,12-13,16H,4-6,9H2,1-3H3. The van der Waals surface area contributed by atoms with E-state index in [0.717, 1.165) is 13.1 Å². The molecule has 98 valence electrons. The van der Waals surface area contributed by atoms with Crippen LogP contribution in [0.15, 0.2) is 12.4 Å². The fourth-order valence-electron chi connectivity index (χ4n) is 1.64. The molecule has 1 rings (SSSR count). The highest BCUT2D eigenvalue weighted by Gasteiger charge is 2.08. The first-order chi connectivity index (χ1) is 8.17. The summed E-state index contributed by atoms with van der Waals surface area (Å²) in [5.74, 6) is 0. The molecule has 17 heavy (non-hydrogen) atoms. The molecule has 2 N–H and O–H groups in total. The topological polar surface area (TPSA) is 59.3 Å². The first kappa shape index (κ1) is 14.2. The van der Waals surface area contributed by atoms with Crippen LogP contribution in [-0.4, -0.2) is 41.3 Å². The van der Waals surface area contributed by atoms with Crippen LogP contribution in [0.25, 0.3) is 0 Å². The lowest BCUT2D eigenvalue weighted by Gasteiger charge is -2.14. The zero-order chi connectivity index (χ0) is 12.7. The van der Waals surface area contributed by atoms with Gasteiger partial charge in [-0.15, -0.1) is 0 Å². The normalized spacial score (nSPS) is 14.8. The van der Waals surface area contributed by atoms with Crippen molar-refractivity contribution in [3.05, 3.63) is 18.0 Å². The number of aliphatic hydroxyl groups excluding tert-OH is 1. The Hall–Kier alpha value is -0.910. The number of methoxy groups -OCH3 is 1. The summed E-state index contributed by atoms with van der Waals surface area (Å²) in [5.41, 5.74) is 1.17. The smallest absolute Gasteiger partial charge is 0.0785 e. The van der Waals surface area contributed by atoms with Crippen LogP contribution in [0.3, 0.4) is 0 Å². The molecular weight excluding hydrogens is 218 g/mol. The van der Waals surface area contributed by atoms with Crippen molar-refractivity contribution in [2.24, 2.45) is 0 Å². The fraction of sp³-hybridized carbons (Fsp3) is 0.750. The van der Waals surface area contributed by atoms with Gasteiger partial charge in [-0.2, -0.15) is 5.10 Å². The molecule has 0 saturated carbocycles. The van der Waals surface area contributed by atoms with E-state index in [1.54, 1.807) is 7.11 Å². The van der Waals surface area contributed by atoms with E-state index in [2.05, 4.69) is 24.3 Å². The van der Waals surface area contributed by atoms with E-state index in [1.165, 1.54) is 5.56 Å².